The molecule has 1 aliphatic rings. The first kappa shape index (κ1) is 15.3. The number of hydrogen-bond donors (Lipinski definition) is 1. The SMILES string of the molecule is CN(CCOCC1CC1)S(=O)(=O)Cc1cccc(N)c1. The average molecular weight is 298 g/mol. The van der Waals surface area contributed by atoms with Crippen LogP contribution in [0.25, 0.3) is 0 Å². The van der Waals surface area contributed by atoms with Gasteiger partial charge in [0, 0.05) is 25.9 Å². The molecule has 0 saturated heterocycles. The van der Waals surface area contributed by atoms with Crippen LogP contribution in [0.15, 0.2) is 24.3 Å². The number of nitrogens with two attached hydrogens (primary N) is 1. The molecule has 0 bridgehead atoms. The number of sulfonamides is 1. The molecular formula is C14H22N2O3S. The topological polar surface area (TPSA) is 72.6 Å². The minimum absolute atomic E-state index is 0.0306. The Bertz CT molecular complexity index is 541. The summed E-state index contributed by atoms with van der Waals surface area (Å²) in [5.74, 6) is 0.668. The van der Waals surface area contributed by atoms with Crippen molar-refractivity contribution in [3.8, 4) is 0 Å². The standard InChI is InChI=1S/C14H22N2O3S/c1-16(7-8-19-10-12-5-6-12)20(17,18)11-13-3-2-4-14(15)9-13/h2-4,9,12H,5-8,10-11,15H2,1H3. The Morgan fingerprint density at radius 2 is 2.15 bits per heavy atom. The number of nitrogens with zero attached hydrogens (tertiary/aromatic N) is 1. The Balaban J connectivity index is 1.81. The molecule has 0 amide bonds. The minimum atomic E-state index is -3.32. The number of nitrogen functional groups attached to an aromatic ring is 1. The number of anilines is 1. The lowest BCUT2D eigenvalue weighted by Crippen LogP contribution is -2.31. The van der Waals surface area contributed by atoms with Gasteiger partial charge >= 0.3 is 0 Å². The number of benzene rings is 1. The summed E-state index contributed by atoms with van der Waals surface area (Å²) in [5.41, 5.74) is 6.94. The monoisotopic (exact) mass is 298 g/mol. The molecule has 1 aromatic rings. The van der Waals surface area contributed by atoms with Crippen LogP contribution in [0.2, 0.25) is 0 Å². The summed E-state index contributed by atoms with van der Waals surface area (Å²) in [6.07, 6.45) is 2.48. The van der Waals surface area contributed by atoms with E-state index < -0.39 is 10.0 Å². The fraction of sp³-hybridized carbons (Fsp3) is 0.571. The molecular weight excluding hydrogens is 276 g/mol. The van der Waals surface area contributed by atoms with Gasteiger partial charge < -0.3 is 10.5 Å². The van der Waals surface area contributed by atoms with Gasteiger partial charge in [-0.25, -0.2) is 12.7 Å². The molecule has 0 aromatic heterocycles. The van der Waals surface area contributed by atoms with Gasteiger partial charge in [0.1, 0.15) is 0 Å². The van der Waals surface area contributed by atoms with E-state index in [4.69, 9.17) is 10.5 Å². The second-order valence-corrected chi connectivity index (χ2v) is 7.42. The summed E-state index contributed by atoms with van der Waals surface area (Å²) in [6, 6.07) is 6.96. The van der Waals surface area contributed by atoms with Crippen LogP contribution in [0.5, 0.6) is 0 Å². The summed E-state index contributed by atoms with van der Waals surface area (Å²) in [4.78, 5) is 0. The quantitative estimate of drug-likeness (QED) is 0.582. The van der Waals surface area contributed by atoms with Crippen molar-refractivity contribution >= 4 is 15.7 Å². The Morgan fingerprint density at radius 3 is 2.80 bits per heavy atom. The first-order valence-corrected chi connectivity index (χ1v) is 8.44. The lowest BCUT2D eigenvalue weighted by molar-refractivity contribution is 0.117. The van der Waals surface area contributed by atoms with Crippen molar-refractivity contribution in [2.24, 2.45) is 5.92 Å². The maximum atomic E-state index is 12.2. The molecule has 0 atom stereocenters. The van der Waals surface area contributed by atoms with Crippen LogP contribution in [-0.4, -0.2) is 39.5 Å². The molecule has 1 aliphatic carbocycles. The van der Waals surface area contributed by atoms with Crippen molar-refractivity contribution in [3.05, 3.63) is 29.8 Å². The highest BCUT2D eigenvalue weighted by Crippen LogP contribution is 2.28. The molecule has 1 fully saturated rings. The van der Waals surface area contributed by atoms with Gasteiger partial charge in [0.05, 0.1) is 12.4 Å². The molecule has 2 N–H and O–H groups in total. The van der Waals surface area contributed by atoms with Crippen molar-refractivity contribution in [2.75, 3.05) is 32.5 Å². The van der Waals surface area contributed by atoms with Gasteiger partial charge in [-0.05, 0) is 36.5 Å². The van der Waals surface area contributed by atoms with Crippen LogP contribution in [0.3, 0.4) is 0 Å². The fourth-order valence-electron chi connectivity index (χ4n) is 1.87. The Morgan fingerprint density at radius 1 is 1.40 bits per heavy atom. The van der Waals surface area contributed by atoms with Crippen LogP contribution >= 0.6 is 0 Å². The van der Waals surface area contributed by atoms with Crippen molar-refractivity contribution in [2.45, 2.75) is 18.6 Å². The predicted octanol–water partition coefficient (Wildman–Crippen LogP) is 1.46. The molecule has 0 aliphatic heterocycles. The van der Waals surface area contributed by atoms with Gasteiger partial charge in [-0.2, -0.15) is 0 Å². The average Bonchev–Trinajstić information content (AvgIpc) is 3.17. The first-order chi connectivity index (χ1) is 9.47. The fourth-order valence-corrected chi connectivity index (χ4v) is 3.04. The third kappa shape index (κ3) is 4.77. The molecule has 112 valence electrons. The van der Waals surface area contributed by atoms with E-state index in [2.05, 4.69) is 0 Å². The Kier molecular flexibility index (Phi) is 5.01. The molecule has 6 heteroatoms. The number of ether oxygens (including phenoxy) is 1. The second-order valence-electron chi connectivity index (χ2n) is 5.34. The van der Waals surface area contributed by atoms with E-state index in [0.717, 1.165) is 6.61 Å². The van der Waals surface area contributed by atoms with Gasteiger partial charge in [0.15, 0.2) is 0 Å². The smallest absolute Gasteiger partial charge is 0.218 e. The summed E-state index contributed by atoms with van der Waals surface area (Å²) < 4.78 is 31.2. The van der Waals surface area contributed by atoms with Crippen LogP contribution in [0.4, 0.5) is 5.69 Å². The van der Waals surface area contributed by atoms with Gasteiger partial charge in [0.2, 0.25) is 10.0 Å². The molecule has 1 aromatic carbocycles. The number of likely N-dealkylation sites (N-methyl/N-ethyl adjacent to an activating group) is 1. The normalized spacial score (nSPS) is 15.7. The van der Waals surface area contributed by atoms with Crippen molar-refractivity contribution in [1.82, 2.24) is 4.31 Å². The summed E-state index contributed by atoms with van der Waals surface area (Å²) in [5, 5.41) is 0. The molecule has 2 rings (SSSR count). The molecule has 0 unspecified atom stereocenters. The molecule has 20 heavy (non-hydrogen) atoms. The number of hydrogen-bond acceptors (Lipinski definition) is 4. The van der Waals surface area contributed by atoms with Crippen LogP contribution < -0.4 is 5.73 Å². The second kappa shape index (κ2) is 6.56. The van der Waals surface area contributed by atoms with E-state index >= 15 is 0 Å². The molecule has 5 nitrogen and oxygen atoms in total. The van der Waals surface area contributed by atoms with E-state index in [1.54, 1.807) is 31.3 Å². The third-order valence-corrected chi connectivity index (χ3v) is 5.21. The largest absolute Gasteiger partial charge is 0.399 e. The maximum Gasteiger partial charge on any atom is 0.218 e. The number of rotatable bonds is 8. The van der Waals surface area contributed by atoms with Gasteiger partial charge in [-0.15, -0.1) is 0 Å². The molecule has 1 saturated carbocycles. The predicted molar refractivity (Wildman–Crippen MR) is 79.7 cm³/mol. The lowest BCUT2D eigenvalue weighted by Gasteiger charge is -2.17. The van der Waals surface area contributed by atoms with E-state index in [-0.39, 0.29) is 5.75 Å². The Labute approximate surface area is 120 Å². The summed E-state index contributed by atoms with van der Waals surface area (Å²) >= 11 is 0. The van der Waals surface area contributed by atoms with E-state index in [1.807, 2.05) is 0 Å². The van der Waals surface area contributed by atoms with Gasteiger partial charge in [-0.3, -0.25) is 0 Å². The summed E-state index contributed by atoms with van der Waals surface area (Å²) in [7, 11) is -1.73. The highest BCUT2D eigenvalue weighted by molar-refractivity contribution is 7.88. The first-order valence-electron chi connectivity index (χ1n) is 6.83. The van der Waals surface area contributed by atoms with Gasteiger partial charge in [-0.1, -0.05) is 12.1 Å². The molecule has 0 spiro atoms. The Hall–Kier alpha value is -1.11. The van der Waals surface area contributed by atoms with Gasteiger partial charge in [0.25, 0.3) is 0 Å². The maximum absolute atomic E-state index is 12.2. The minimum Gasteiger partial charge on any atom is -0.399 e. The third-order valence-electron chi connectivity index (χ3n) is 3.38. The van der Waals surface area contributed by atoms with E-state index in [9.17, 15) is 8.42 Å². The summed E-state index contributed by atoms with van der Waals surface area (Å²) in [6.45, 7) is 1.59. The zero-order valence-corrected chi connectivity index (χ0v) is 12.6. The highest BCUT2D eigenvalue weighted by Gasteiger charge is 2.22. The zero-order valence-electron chi connectivity index (χ0n) is 11.8. The van der Waals surface area contributed by atoms with Crippen molar-refractivity contribution in [1.29, 1.82) is 0 Å². The van der Waals surface area contributed by atoms with E-state index in [1.165, 1.54) is 17.1 Å². The molecule has 0 radical (unpaired) electrons. The zero-order chi connectivity index (χ0) is 14.6. The van der Waals surface area contributed by atoms with E-state index in [0.29, 0.717) is 30.3 Å². The highest BCUT2D eigenvalue weighted by atomic mass is 32.2. The van der Waals surface area contributed by atoms with Crippen LogP contribution in [0.1, 0.15) is 18.4 Å². The molecule has 0 heterocycles. The van der Waals surface area contributed by atoms with Crippen molar-refractivity contribution in [3.63, 3.8) is 0 Å². The van der Waals surface area contributed by atoms with Crippen molar-refractivity contribution < 1.29 is 13.2 Å². The van der Waals surface area contributed by atoms with Crippen LogP contribution in [-0.2, 0) is 20.5 Å². The lowest BCUT2D eigenvalue weighted by atomic mass is 10.2. The van der Waals surface area contributed by atoms with Crippen LogP contribution in [0, 0.1) is 5.92 Å².